The van der Waals surface area contributed by atoms with Gasteiger partial charge in [-0.2, -0.15) is 0 Å². The van der Waals surface area contributed by atoms with Gasteiger partial charge in [0.1, 0.15) is 6.04 Å². The number of methoxy groups -OCH3 is 2. The smallest absolute Gasteiger partial charge is 0.242 e. The van der Waals surface area contributed by atoms with Crippen LogP contribution in [-0.2, 0) is 22.6 Å². The zero-order valence-corrected chi connectivity index (χ0v) is 19.4. The Labute approximate surface area is 189 Å². The molecule has 0 aliphatic rings. The lowest BCUT2D eigenvalue weighted by molar-refractivity contribution is -0.141. The number of rotatable bonds is 11. The Morgan fingerprint density at radius 1 is 1.06 bits per heavy atom. The number of amides is 2. The van der Waals surface area contributed by atoms with E-state index in [4.69, 9.17) is 21.1 Å². The van der Waals surface area contributed by atoms with Gasteiger partial charge in [0.05, 0.1) is 14.2 Å². The number of nitrogens with zero attached hydrogens (tertiary/aromatic N) is 1. The maximum Gasteiger partial charge on any atom is 0.242 e. The molecule has 7 heteroatoms. The van der Waals surface area contributed by atoms with Crippen molar-refractivity contribution < 1.29 is 19.1 Å². The molecule has 2 amide bonds. The van der Waals surface area contributed by atoms with Crippen LogP contribution in [0.1, 0.15) is 37.8 Å². The van der Waals surface area contributed by atoms with Crippen LogP contribution in [0, 0.1) is 0 Å². The van der Waals surface area contributed by atoms with Gasteiger partial charge in [0.25, 0.3) is 0 Å². The molecule has 0 fully saturated rings. The van der Waals surface area contributed by atoms with Crippen molar-refractivity contribution in [1.82, 2.24) is 10.2 Å². The number of hydrogen-bond acceptors (Lipinski definition) is 4. The fourth-order valence-electron chi connectivity index (χ4n) is 3.45. The average molecular weight is 447 g/mol. The van der Waals surface area contributed by atoms with Gasteiger partial charge in [-0.05, 0) is 49.1 Å². The van der Waals surface area contributed by atoms with Crippen molar-refractivity contribution in [2.45, 2.75) is 45.7 Å². The van der Waals surface area contributed by atoms with Crippen LogP contribution in [-0.4, -0.2) is 43.5 Å². The van der Waals surface area contributed by atoms with Crippen molar-refractivity contribution in [3.05, 3.63) is 58.6 Å². The Kier molecular flexibility index (Phi) is 9.66. The molecule has 2 aromatic rings. The number of ether oxygens (including phenoxy) is 2. The molecule has 0 radical (unpaired) electrons. The molecule has 1 atom stereocenters. The molecule has 2 aromatic carbocycles. The van der Waals surface area contributed by atoms with Gasteiger partial charge in [-0.3, -0.25) is 9.59 Å². The Balaban J connectivity index is 2.22. The maximum atomic E-state index is 13.3. The molecule has 31 heavy (non-hydrogen) atoms. The largest absolute Gasteiger partial charge is 0.493 e. The van der Waals surface area contributed by atoms with E-state index in [2.05, 4.69) is 5.32 Å². The van der Waals surface area contributed by atoms with E-state index in [0.29, 0.717) is 35.9 Å². The van der Waals surface area contributed by atoms with Gasteiger partial charge in [-0.1, -0.05) is 42.8 Å². The van der Waals surface area contributed by atoms with Crippen LogP contribution < -0.4 is 14.8 Å². The van der Waals surface area contributed by atoms with E-state index in [1.54, 1.807) is 25.2 Å². The molecule has 0 bridgehead atoms. The van der Waals surface area contributed by atoms with Crippen molar-refractivity contribution in [1.29, 1.82) is 0 Å². The minimum absolute atomic E-state index is 0.104. The van der Waals surface area contributed by atoms with E-state index in [0.717, 1.165) is 11.1 Å². The lowest BCUT2D eigenvalue weighted by atomic mass is 10.1. The van der Waals surface area contributed by atoms with Gasteiger partial charge in [-0.15, -0.1) is 0 Å². The molecule has 0 aliphatic heterocycles. The molecular weight excluding hydrogens is 416 g/mol. The van der Waals surface area contributed by atoms with Crippen LogP contribution in [0.15, 0.2) is 42.5 Å². The predicted molar refractivity (Wildman–Crippen MR) is 123 cm³/mol. The molecule has 2 rings (SSSR count). The highest BCUT2D eigenvalue weighted by atomic mass is 35.5. The highest BCUT2D eigenvalue weighted by Gasteiger charge is 2.28. The van der Waals surface area contributed by atoms with E-state index >= 15 is 0 Å². The SMILES string of the molecule is CCNC(=O)[C@@H](CC)N(Cc1ccccc1Cl)C(=O)CCc1ccc(OC)c(OC)c1. The van der Waals surface area contributed by atoms with Gasteiger partial charge < -0.3 is 19.7 Å². The minimum atomic E-state index is -0.561. The molecule has 1 N–H and O–H groups in total. The highest BCUT2D eigenvalue weighted by molar-refractivity contribution is 6.31. The zero-order valence-electron chi connectivity index (χ0n) is 18.6. The third-order valence-corrected chi connectivity index (χ3v) is 5.48. The normalized spacial score (nSPS) is 11.5. The first-order valence-corrected chi connectivity index (χ1v) is 10.8. The molecule has 0 saturated carbocycles. The Morgan fingerprint density at radius 3 is 2.39 bits per heavy atom. The molecule has 0 aliphatic carbocycles. The summed E-state index contributed by atoms with van der Waals surface area (Å²) in [4.78, 5) is 27.6. The first-order chi connectivity index (χ1) is 14.9. The lowest BCUT2D eigenvalue weighted by Gasteiger charge is -2.31. The summed E-state index contributed by atoms with van der Waals surface area (Å²) in [6.45, 7) is 4.55. The van der Waals surface area contributed by atoms with E-state index in [1.165, 1.54) is 0 Å². The quantitative estimate of drug-likeness (QED) is 0.560. The standard InChI is InChI=1S/C24H31ClN2O4/c1-5-20(24(29)26-6-2)27(16-18-9-7-8-10-19(18)25)23(28)14-12-17-11-13-21(30-3)22(15-17)31-4/h7-11,13,15,20H,5-6,12,14,16H2,1-4H3,(H,26,29)/t20-/m1/s1. The summed E-state index contributed by atoms with van der Waals surface area (Å²) in [5, 5.41) is 3.41. The molecule has 168 valence electrons. The van der Waals surface area contributed by atoms with Crippen molar-refractivity contribution in [3.63, 3.8) is 0 Å². The summed E-state index contributed by atoms with van der Waals surface area (Å²) >= 11 is 6.33. The second-order valence-corrected chi connectivity index (χ2v) is 7.53. The van der Waals surface area contributed by atoms with Crippen LogP contribution in [0.2, 0.25) is 5.02 Å². The number of hydrogen-bond donors (Lipinski definition) is 1. The van der Waals surface area contributed by atoms with Crippen molar-refractivity contribution >= 4 is 23.4 Å². The molecular formula is C24H31ClN2O4. The summed E-state index contributed by atoms with van der Waals surface area (Å²) in [7, 11) is 3.16. The van der Waals surface area contributed by atoms with Crippen LogP contribution >= 0.6 is 11.6 Å². The second-order valence-electron chi connectivity index (χ2n) is 7.12. The lowest BCUT2D eigenvalue weighted by Crippen LogP contribution is -2.49. The van der Waals surface area contributed by atoms with Gasteiger partial charge in [-0.25, -0.2) is 0 Å². The number of carbonyl (C=O) groups excluding carboxylic acids is 2. The second kappa shape index (κ2) is 12.2. The number of carbonyl (C=O) groups is 2. The monoisotopic (exact) mass is 446 g/mol. The number of halogens is 1. The number of likely N-dealkylation sites (N-methyl/N-ethyl adjacent to an activating group) is 1. The van der Waals surface area contributed by atoms with Gasteiger partial charge in [0, 0.05) is 24.5 Å². The third-order valence-electron chi connectivity index (χ3n) is 5.11. The van der Waals surface area contributed by atoms with E-state index < -0.39 is 6.04 Å². The summed E-state index contributed by atoms with van der Waals surface area (Å²) < 4.78 is 10.6. The van der Waals surface area contributed by atoms with Crippen LogP contribution in [0.4, 0.5) is 0 Å². The Morgan fingerprint density at radius 2 is 1.77 bits per heavy atom. The van der Waals surface area contributed by atoms with Crippen LogP contribution in [0.25, 0.3) is 0 Å². The minimum Gasteiger partial charge on any atom is -0.493 e. The number of aryl methyl sites for hydroxylation is 1. The third kappa shape index (κ3) is 6.62. The average Bonchev–Trinajstić information content (AvgIpc) is 2.78. The van der Waals surface area contributed by atoms with Crippen molar-refractivity contribution in [2.75, 3.05) is 20.8 Å². The molecule has 0 heterocycles. The Hall–Kier alpha value is -2.73. The molecule has 0 aromatic heterocycles. The van der Waals surface area contributed by atoms with E-state index in [1.807, 2.05) is 50.2 Å². The first-order valence-electron chi connectivity index (χ1n) is 10.5. The summed E-state index contributed by atoms with van der Waals surface area (Å²) in [6, 6.07) is 12.4. The Bertz CT molecular complexity index is 888. The van der Waals surface area contributed by atoms with Gasteiger partial charge >= 0.3 is 0 Å². The molecule has 0 spiro atoms. The molecule has 0 unspecified atom stereocenters. The summed E-state index contributed by atoms with van der Waals surface area (Å²) in [5.74, 6) is 0.999. The zero-order chi connectivity index (χ0) is 22.8. The van der Waals surface area contributed by atoms with E-state index in [9.17, 15) is 9.59 Å². The maximum absolute atomic E-state index is 13.3. The van der Waals surface area contributed by atoms with Crippen LogP contribution in [0.3, 0.4) is 0 Å². The summed E-state index contributed by atoms with van der Waals surface area (Å²) in [5.41, 5.74) is 1.76. The first kappa shape index (κ1) is 24.5. The number of nitrogens with one attached hydrogen (secondary N) is 1. The van der Waals surface area contributed by atoms with Crippen molar-refractivity contribution in [2.24, 2.45) is 0 Å². The topological polar surface area (TPSA) is 67.9 Å². The fraction of sp³-hybridized carbons (Fsp3) is 0.417. The number of benzene rings is 2. The van der Waals surface area contributed by atoms with Gasteiger partial charge in [0.15, 0.2) is 11.5 Å². The van der Waals surface area contributed by atoms with Gasteiger partial charge in [0.2, 0.25) is 11.8 Å². The fourth-order valence-corrected chi connectivity index (χ4v) is 3.65. The summed E-state index contributed by atoms with van der Waals surface area (Å²) in [6.07, 6.45) is 1.29. The molecule has 0 saturated heterocycles. The highest BCUT2D eigenvalue weighted by Crippen LogP contribution is 2.28. The van der Waals surface area contributed by atoms with E-state index in [-0.39, 0.29) is 24.8 Å². The molecule has 6 nitrogen and oxygen atoms in total. The van der Waals surface area contributed by atoms with Crippen molar-refractivity contribution in [3.8, 4) is 11.5 Å². The van der Waals surface area contributed by atoms with Crippen LogP contribution in [0.5, 0.6) is 11.5 Å². The predicted octanol–water partition coefficient (Wildman–Crippen LogP) is 4.23.